The minimum atomic E-state index is -3.81. The molecule has 10 heteroatoms. The third kappa shape index (κ3) is 5.87. The summed E-state index contributed by atoms with van der Waals surface area (Å²) < 4.78 is 59.1. The first-order valence-corrected chi connectivity index (χ1v) is 13.5. The highest BCUT2D eigenvalue weighted by Gasteiger charge is 2.32. The lowest BCUT2D eigenvalue weighted by Crippen LogP contribution is -2.42. The quantitative estimate of drug-likeness (QED) is 0.577. The molecule has 0 radical (unpaired) electrons. The van der Waals surface area contributed by atoms with E-state index in [2.05, 4.69) is 4.90 Å². The van der Waals surface area contributed by atoms with Gasteiger partial charge in [-0.25, -0.2) is 21.9 Å². The van der Waals surface area contributed by atoms with Crippen LogP contribution in [0.1, 0.15) is 66.1 Å². The zero-order valence-corrected chi connectivity index (χ0v) is 20.6. The van der Waals surface area contributed by atoms with Crippen LogP contribution < -0.4 is 9.46 Å². The highest BCUT2D eigenvalue weighted by molar-refractivity contribution is 7.89. The molecule has 1 unspecified atom stereocenters. The molecule has 2 fully saturated rings. The second-order valence-electron chi connectivity index (χ2n) is 9.07. The smallest absolute Gasteiger partial charge is 0.267 e. The van der Waals surface area contributed by atoms with Crippen LogP contribution in [-0.4, -0.2) is 44.7 Å². The molecule has 1 N–H and O–H groups in total. The molecule has 2 aliphatic rings. The van der Waals surface area contributed by atoms with Gasteiger partial charge in [0.15, 0.2) is 0 Å². The summed E-state index contributed by atoms with van der Waals surface area (Å²) in [6, 6.07) is 6.92. The summed E-state index contributed by atoms with van der Waals surface area (Å²) in [6.07, 6.45) is 4.07. The Labute approximate surface area is 203 Å². The van der Waals surface area contributed by atoms with Crippen LogP contribution in [0.25, 0.3) is 0 Å². The number of piperidine rings is 1. The molecule has 1 heterocycles. The second-order valence-corrected chi connectivity index (χ2v) is 11.2. The number of nitrogens with zero attached hydrogens (tertiary/aromatic N) is 1. The maximum atomic E-state index is 14.8. The molecular formula is C24H27ClF2N2O4S. The third-order valence-electron chi connectivity index (χ3n) is 6.30. The van der Waals surface area contributed by atoms with Gasteiger partial charge in [-0.1, -0.05) is 17.7 Å². The number of hydrogen-bond acceptors (Lipinski definition) is 5. The highest BCUT2D eigenvalue weighted by atomic mass is 35.5. The average Bonchev–Trinajstić information content (AvgIpc) is 3.57. The van der Waals surface area contributed by atoms with Crippen molar-refractivity contribution >= 4 is 27.5 Å². The van der Waals surface area contributed by atoms with Gasteiger partial charge >= 0.3 is 0 Å². The van der Waals surface area contributed by atoms with Gasteiger partial charge in [0.25, 0.3) is 5.91 Å². The lowest BCUT2D eigenvalue weighted by atomic mass is 10.0. The Morgan fingerprint density at radius 3 is 2.59 bits per heavy atom. The normalized spacial score (nSPS) is 20.1. The van der Waals surface area contributed by atoms with Crippen LogP contribution in [0.5, 0.6) is 5.75 Å². The van der Waals surface area contributed by atoms with E-state index in [4.69, 9.17) is 16.3 Å². The predicted molar refractivity (Wildman–Crippen MR) is 126 cm³/mol. The summed E-state index contributed by atoms with van der Waals surface area (Å²) in [5.74, 6) is -1.68. The summed E-state index contributed by atoms with van der Waals surface area (Å²) >= 11 is 6.26. The van der Waals surface area contributed by atoms with Crippen molar-refractivity contribution in [2.45, 2.75) is 50.7 Å². The van der Waals surface area contributed by atoms with Crippen molar-refractivity contribution in [3.8, 4) is 5.75 Å². The van der Waals surface area contributed by atoms with Crippen molar-refractivity contribution in [3.63, 3.8) is 0 Å². The van der Waals surface area contributed by atoms with Crippen LogP contribution >= 0.6 is 11.6 Å². The minimum Gasteiger partial charge on any atom is -0.489 e. The summed E-state index contributed by atoms with van der Waals surface area (Å²) in [6.45, 7) is 3.41. The van der Waals surface area contributed by atoms with Crippen molar-refractivity contribution < 1.29 is 26.7 Å². The fourth-order valence-electron chi connectivity index (χ4n) is 4.42. The third-order valence-corrected chi connectivity index (χ3v) is 7.19. The van der Waals surface area contributed by atoms with E-state index in [-0.39, 0.29) is 29.4 Å². The van der Waals surface area contributed by atoms with Gasteiger partial charge in [0.05, 0.1) is 11.8 Å². The van der Waals surface area contributed by atoms with E-state index in [1.54, 1.807) is 6.07 Å². The summed E-state index contributed by atoms with van der Waals surface area (Å²) in [4.78, 5) is 14.5. The monoisotopic (exact) mass is 512 g/mol. The Balaban J connectivity index is 1.52. The minimum absolute atomic E-state index is 0.0544. The number of ether oxygens (including phenoxy) is 1. The van der Waals surface area contributed by atoms with Gasteiger partial charge in [-0.15, -0.1) is 0 Å². The zero-order chi connectivity index (χ0) is 24.6. The van der Waals surface area contributed by atoms with Crippen LogP contribution in [0.2, 0.25) is 5.02 Å². The van der Waals surface area contributed by atoms with Gasteiger partial charge in [0, 0.05) is 23.7 Å². The van der Waals surface area contributed by atoms with Gasteiger partial charge in [-0.05, 0) is 74.4 Å². The Bertz CT molecular complexity index is 1200. The fraction of sp³-hybridized carbons (Fsp3) is 0.458. The SMILES string of the molecule is CC(c1ccc(F)cc1Cl)N1CCC[C@@H](Oc2cc(F)c(C(=O)NS(C)(=O)=O)cc2C2CC2)C1. The summed E-state index contributed by atoms with van der Waals surface area (Å²) in [5, 5.41) is 0.372. The van der Waals surface area contributed by atoms with Gasteiger partial charge < -0.3 is 4.74 Å². The lowest BCUT2D eigenvalue weighted by Gasteiger charge is -2.37. The maximum absolute atomic E-state index is 14.8. The predicted octanol–water partition coefficient (Wildman–Crippen LogP) is 4.79. The molecule has 1 aliphatic carbocycles. The Kier molecular flexibility index (Phi) is 7.17. The van der Waals surface area contributed by atoms with E-state index in [1.165, 1.54) is 24.3 Å². The van der Waals surface area contributed by atoms with Crippen molar-refractivity contribution in [2.75, 3.05) is 19.3 Å². The molecule has 1 saturated carbocycles. The van der Waals surface area contributed by atoms with E-state index >= 15 is 0 Å². The largest absolute Gasteiger partial charge is 0.489 e. The van der Waals surface area contributed by atoms with Crippen LogP contribution in [0.4, 0.5) is 8.78 Å². The molecule has 6 nitrogen and oxygen atoms in total. The molecule has 184 valence electrons. The van der Waals surface area contributed by atoms with Crippen molar-refractivity contribution in [1.82, 2.24) is 9.62 Å². The molecular weight excluding hydrogens is 486 g/mol. The molecule has 34 heavy (non-hydrogen) atoms. The summed E-state index contributed by atoms with van der Waals surface area (Å²) in [5.41, 5.74) is 1.23. The molecule has 0 bridgehead atoms. The van der Waals surface area contributed by atoms with Crippen molar-refractivity contribution in [3.05, 3.63) is 63.7 Å². The molecule has 4 rings (SSSR count). The molecule has 0 aromatic heterocycles. The number of halogens is 3. The number of sulfonamides is 1. The number of nitrogens with one attached hydrogen (secondary N) is 1. The van der Waals surface area contributed by atoms with E-state index in [0.717, 1.165) is 44.0 Å². The molecule has 2 aromatic rings. The first kappa shape index (κ1) is 24.9. The highest BCUT2D eigenvalue weighted by Crippen LogP contribution is 2.45. The number of likely N-dealkylation sites (tertiary alicyclic amines) is 1. The van der Waals surface area contributed by atoms with Crippen LogP contribution in [-0.2, 0) is 10.0 Å². The van der Waals surface area contributed by atoms with Crippen LogP contribution in [0, 0.1) is 11.6 Å². The number of carbonyl (C=O) groups is 1. The van der Waals surface area contributed by atoms with E-state index in [9.17, 15) is 22.0 Å². The van der Waals surface area contributed by atoms with Crippen LogP contribution in [0.3, 0.4) is 0 Å². The number of carbonyl (C=O) groups excluding carboxylic acids is 1. The first-order valence-electron chi connectivity index (χ1n) is 11.2. The molecule has 2 atom stereocenters. The molecule has 1 aliphatic heterocycles. The summed E-state index contributed by atoms with van der Waals surface area (Å²) in [7, 11) is -3.81. The number of rotatable bonds is 7. The number of benzene rings is 2. The number of amides is 1. The number of hydrogen-bond donors (Lipinski definition) is 1. The lowest BCUT2D eigenvalue weighted by molar-refractivity contribution is 0.0650. The van der Waals surface area contributed by atoms with E-state index in [0.29, 0.717) is 22.9 Å². The van der Waals surface area contributed by atoms with Crippen molar-refractivity contribution in [1.29, 1.82) is 0 Å². The molecule has 0 spiro atoms. The van der Waals surface area contributed by atoms with Gasteiger partial charge in [0.1, 0.15) is 23.5 Å². The van der Waals surface area contributed by atoms with Gasteiger partial charge in [0.2, 0.25) is 10.0 Å². The topological polar surface area (TPSA) is 75.7 Å². The Hall–Kier alpha value is -2.23. The molecule has 1 saturated heterocycles. The second kappa shape index (κ2) is 9.79. The first-order chi connectivity index (χ1) is 16.0. The maximum Gasteiger partial charge on any atom is 0.267 e. The van der Waals surface area contributed by atoms with Gasteiger partial charge in [-0.2, -0.15) is 0 Å². The van der Waals surface area contributed by atoms with Crippen LogP contribution in [0.15, 0.2) is 30.3 Å². The standard InChI is InChI=1S/C24H27ClF2N2O4S/c1-14(18-8-7-16(26)10-21(18)25)29-9-3-4-17(13-29)33-23-12-22(27)20(11-19(23)15-5-6-15)24(30)28-34(2,31)32/h7-8,10-12,14-15,17H,3-6,9,13H2,1-2H3,(H,28,30)/t14?,17-/m1/s1. The Morgan fingerprint density at radius 2 is 1.94 bits per heavy atom. The Morgan fingerprint density at radius 1 is 1.21 bits per heavy atom. The molecule has 2 aromatic carbocycles. The van der Waals surface area contributed by atoms with E-state index < -0.39 is 21.7 Å². The fourth-order valence-corrected chi connectivity index (χ4v) is 5.19. The van der Waals surface area contributed by atoms with Gasteiger partial charge in [-0.3, -0.25) is 9.69 Å². The average molecular weight is 513 g/mol. The van der Waals surface area contributed by atoms with E-state index in [1.807, 2.05) is 11.6 Å². The van der Waals surface area contributed by atoms with Crippen molar-refractivity contribution in [2.24, 2.45) is 0 Å². The zero-order valence-electron chi connectivity index (χ0n) is 19.0. The molecule has 1 amide bonds.